The number of alkyl halides is 1. The van der Waals surface area contributed by atoms with Gasteiger partial charge in [-0.1, -0.05) is 30.7 Å². The van der Waals surface area contributed by atoms with E-state index in [2.05, 4.69) is 29.2 Å². The van der Waals surface area contributed by atoms with Gasteiger partial charge in [0.25, 0.3) is 0 Å². The topological polar surface area (TPSA) is 16.1 Å². The van der Waals surface area contributed by atoms with Crippen molar-refractivity contribution in [1.29, 1.82) is 0 Å². The molecule has 2 unspecified atom stereocenters. The summed E-state index contributed by atoms with van der Waals surface area (Å²) < 4.78 is 0. The molecule has 2 nitrogen and oxygen atoms in total. The lowest BCUT2D eigenvalue weighted by Gasteiger charge is -2.21. The molecule has 3 heteroatoms. The standard InChI is InChI=1S/C17H19ClN2/c18-8-14-9-19-17(16-7-2-1-6-15(14)16)20-10-12-4-3-5-13(12)11-20/h1-2,6-7,9,12-13H,3-5,8,10-11H2. The van der Waals surface area contributed by atoms with Crippen LogP contribution in [0.1, 0.15) is 24.8 Å². The molecule has 2 fully saturated rings. The van der Waals surface area contributed by atoms with Gasteiger partial charge in [-0.05, 0) is 35.6 Å². The van der Waals surface area contributed by atoms with Crippen molar-refractivity contribution >= 4 is 28.2 Å². The van der Waals surface area contributed by atoms with E-state index in [1.807, 2.05) is 6.20 Å². The molecule has 1 aromatic heterocycles. The van der Waals surface area contributed by atoms with E-state index in [1.165, 1.54) is 43.1 Å². The Morgan fingerprint density at radius 2 is 1.80 bits per heavy atom. The molecular weight excluding hydrogens is 268 g/mol. The molecule has 0 N–H and O–H groups in total. The second-order valence-corrected chi connectivity index (χ2v) is 6.41. The Balaban J connectivity index is 1.77. The van der Waals surface area contributed by atoms with Crippen molar-refractivity contribution in [1.82, 2.24) is 4.98 Å². The molecule has 0 radical (unpaired) electrons. The number of aromatic nitrogens is 1. The molecule has 2 atom stereocenters. The Labute approximate surface area is 124 Å². The van der Waals surface area contributed by atoms with E-state index in [4.69, 9.17) is 16.6 Å². The largest absolute Gasteiger partial charge is 0.356 e. The lowest BCUT2D eigenvalue weighted by Crippen LogP contribution is -2.22. The molecule has 2 aliphatic rings. The van der Waals surface area contributed by atoms with Crippen LogP contribution < -0.4 is 4.90 Å². The van der Waals surface area contributed by atoms with E-state index < -0.39 is 0 Å². The lowest BCUT2D eigenvalue weighted by molar-refractivity contribution is 0.494. The van der Waals surface area contributed by atoms with Crippen LogP contribution in [0.2, 0.25) is 0 Å². The molecule has 1 saturated carbocycles. The maximum absolute atomic E-state index is 6.04. The minimum absolute atomic E-state index is 0.527. The molecule has 2 aromatic rings. The zero-order chi connectivity index (χ0) is 13.5. The van der Waals surface area contributed by atoms with E-state index in [1.54, 1.807) is 0 Å². The third kappa shape index (κ3) is 1.89. The molecule has 0 bridgehead atoms. The van der Waals surface area contributed by atoms with Crippen molar-refractivity contribution in [2.75, 3.05) is 18.0 Å². The molecule has 1 aliphatic heterocycles. The second-order valence-electron chi connectivity index (χ2n) is 6.14. The first-order valence-corrected chi connectivity index (χ1v) is 8.08. The van der Waals surface area contributed by atoms with Gasteiger partial charge in [0.05, 0.1) is 0 Å². The maximum Gasteiger partial charge on any atom is 0.136 e. The van der Waals surface area contributed by atoms with Crippen LogP contribution in [0.15, 0.2) is 30.5 Å². The molecule has 104 valence electrons. The van der Waals surface area contributed by atoms with Gasteiger partial charge in [0.1, 0.15) is 5.82 Å². The summed E-state index contributed by atoms with van der Waals surface area (Å²) >= 11 is 6.04. The first-order valence-electron chi connectivity index (χ1n) is 7.54. The Kier molecular flexibility index (Phi) is 3.07. The van der Waals surface area contributed by atoms with Crippen LogP contribution in [-0.4, -0.2) is 18.1 Å². The number of nitrogens with zero attached hydrogens (tertiary/aromatic N) is 2. The zero-order valence-electron chi connectivity index (χ0n) is 11.6. The van der Waals surface area contributed by atoms with E-state index >= 15 is 0 Å². The Hall–Kier alpha value is -1.28. The number of halogens is 1. The zero-order valence-corrected chi connectivity index (χ0v) is 12.3. The van der Waals surface area contributed by atoms with E-state index in [-0.39, 0.29) is 0 Å². The molecule has 4 rings (SSSR count). The predicted molar refractivity (Wildman–Crippen MR) is 84.3 cm³/mol. The van der Waals surface area contributed by atoms with Gasteiger partial charge in [-0.3, -0.25) is 0 Å². The summed E-state index contributed by atoms with van der Waals surface area (Å²) in [6.45, 7) is 2.36. The first kappa shape index (κ1) is 12.5. The minimum atomic E-state index is 0.527. The third-order valence-electron chi connectivity index (χ3n) is 5.03. The van der Waals surface area contributed by atoms with Gasteiger partial charge in [-0.2, -0.15) is 0 Å². The number of pyridine rings is 1. The van der Waals surface area contributed by atoms with Crippen LogP contribution in [0.4, 0.5) is 5.82 Å². The normalized spacial score (nSPS) is 25.4. The Morgan fingerprint density at radius 1 is 1.10 bits per heavy atom. The molecule has 2 heterocycles. The predicted octanol–water partition coefficient (Wildman–Crippen LogP) is 4.21. The van der Waals surface area contributed by atoms with Crippen molar-refractivity contribution < 1.29 is 0 Å². The van der Waals surface area contributed by atoms with Gasteiger partial charge in [-0.25, -0.2) is 4.98 Å². The molecule has 0 amide bonds. The van der Waals surface area contributed by atoms with Crippen molar-refractivity contribution in [3.63, 3.8) is 0 Å². The van der Waals surface area contributed by atoms with E-state index in [9.17, 15) is 0 Å². The highest BCUT2D eigenvalue weighted by atomic mass is 35.5. The quantitative estimate of drug-likeness (QED) is 0.769. The SMILES string of the molecule is ClCc1cnc(N2CC3CCCC3C2)c2ccccc12. The molecule has 0 spiro atoms. The molecule has 1 aromatic carbocycles. The minimum Gasteiger partial charge on any atom is -0.356 e. The average Bonchev–Trinajstić information content (AvgIpc) is 3.07. The summed E-state index contributed by atoms with van der Waals surface area (Å²) in [5.41, 5.74) is 1.13. The highest BCUT2D eigenvalue weighted by Gasteiger charge is 2.36. The highest BCUT2D eigenvalue weighted by Crippen LogP contribution is 2.40. The molecule has 1 aliphatic carbocycles. The number of benzene rings is 1. The number of fused-ring (bicyclic) bond motifs is 2. The number of hydrogen-bond donors (Lipinski definition) is 0. The van der Waals surface area contributed by atoms with Crippen molar-refractivity contribution in [2.24, 2.45) is 11.8 Å². The third-order valence-corrected chi connectivity index (χ3v) is 5.31. The van der Waals surface area contributed by atoms with Gasteiger partial charge < -0.3 is 4.90 Å². The van der Waals surface area contributed by atoms with Crippen molar-refractivity contribution in [3.8, 4) is 0 Å². The number of anilines is 1. The van der Waals surface area contributed by atoms with Gasteiger partial charge >= 0.3 is 0 Å². The summed E-state index contributed by atoms with van der Waals surface area (Å²) in [5.74, 6) is 3.47. The molecule has 1 saturated heterocycles. The van der Waals surface area contributed by atoms with Crippen molar-refractivity contribution in [2.45, 2.75) is 25.1 Å². The van der Waals surface area contributed by atoms with Crippen LogP contribution >= 0.6 is 11.6 Å². The van der Waals surface area contributed by atoms with Gasteiger partial charge in [-0.15, -0.1) is 11.6 Å². The van der Waals surface area contributed by atoms with E-state index in [0.29, 0.717) is 5.88 Å². The van der Waals surface area contributed by atoms with Crippen LogP contribution in [0.5, 0.6) is 0 Å². The highest BCUT2D eigenvalue weighted by molar-refractivity contribution is 6.18. The fraction of sp³-hybridized carbons (Fsp3) is 0.471. The van der Waals surface area contributed by atoms with Gasteiger partial charge in [0.2, 0.25) is 0 Å². The van der Waals surface area contributed by atoms with Gasteiger partial charge in [0.15, 0.2) is 0 Å². The Bertz CT molecular complexity index is 628. The van der Waals surface area contributed by atoms with Crippen LogP contribution in [0.25, 0.3) is 10.8 Å². The molecular formula is C17H19ClN2. The first-order chi connectivity index (χ1) is 9.86. The molecule has 20 heavy (non-hydrogen) atoms. The summed E-state index contributed by atoms with van der Waals surface area (Å²) in [4.78, 5) is 7.22. The summed E-state index contributed by atoms with van der Waals surface area (Å²) in [7, 11) is 0. The Morgan fingerprint density at radius 3 is 2.50 bits per heavy atom. The van der Waals surface area contributed by atoms with Crippen LogP contribution in [-0.2, 0) is 5.88 Å². The summed E-state index contributed by atoms with van der Waals surface area (Å²) in [6, 6.07) is 8.53. The smallest absolute Gasteiger partial charge is 0.136 e. The maximum atomic E-state index is 6.04. The lowest BCUT2D eigenvalue weighted by atomic mass is 10.0. The second kappa shape index (κ2) is 4.92. The monoisotopic (exact) mass is 286 g/mol. The number of hydrogen-bond acceptors (Lipinski definition) is 2. The average molecular weight is 287 g/mol. The van der Waals surface area contributed by atoms with E-state index in [0.717, 1.165) is 23.2 Å². The number of rotatable bonds is 2. The fourth-order valence-corrected chi connectivity index (χ4v) is 4.22. The van der Waals surface area contributed by atoms with Crippen molar-refractivity contribution in [3.05, 3.63) is 36.0 Å². The fourth-order valence-electron chi connectivity index (χ4n) is 4.00. The summed E-state index contributed by atoms with van der Waals surface area (Å²) in [6.07, 6.45) is 6.18. The van der Waals surface area contributed by atoms with Crippen LogP contribution in [0.3, 0.4) is 0 Å². The van der Waals surface area contributed by atoms with Gasteiger partial charge in [0, 0.05) is 30.6 Å². The van der Waals surface area contributed by atoms with Crippen LogP contribution in [0, 0.1) is 11.8 Å². The summed E-state index contributed by atoms with van der Waals surface area (Å²) in [5, 5.41) is 2.51.